The molecule has 24 heavy (non-hydrogen) atoms. The monoisotopic (exact) mass is 344 g/mol. The summed E-state index contributed by atoms with van der Waals surface area (Å²) in [4.78, 5) is 38.9. The summed E-state index contributed by atoms with van der Waals surface area (Å²) < 4.78 is 6.90. The molecule has 9 heteroatoms. The van der Waals surface area contributed by atoms with Gasteiger partial charge in [0.15, 0.2) is 10.9 Å². The summed E-state index contributed by atoms with van der Waals surface area (Å²) in [7, 11) is 0. The van der Waals surface area contributed by atoms with Crippen molar-refractivity contribution in [1.29, 1.82) is 0 Å². The Morgan fingerprint density at radius 1 is 1.29 bits per heavy atom. The van der Waals surface area contributed by atoms with Gasteiger partial charge in [-0.05, 0) is 18.2 Å². The maximum absolute atomic E-state index is 12.1. The van der Waals surface area contributed by atoms with Crippen LogP contribution in [0.15, 0.2) is 51.9 Å². The van der Waals surface area contributed by atoms with Crippen molar-refractivity contribution in [3.8, 4) is 0 Å². The van der Waals surface area contributed by atoms with Gasteiger partial charge in [0, 0.05) is 12.3 Å². The largest absolute Gasteiger partial charge is 0.454 e. The van der Waals surface area contributed by atoms with Gasteiger partial charge in [-0.3, -0.25) is 19.7 Å². The number of nitrogens with zero attached hydrogens (tertiary/aromatic N) is 2. The summed E-state index contributed by atoms with van der Waals surface area (Å²) in [5, 5.41) is 2.76. The predicted molar refractivity (Wildman–Crippen MR) is 87.1 cm³/mol. The number of anilines is 1. The molecule has 0 saturated carbocycles. The number of primary amides is 1. The van der Waals surface area contributed by atoms with Gasteiger partial charge in [-0.1, -0.05) is 17.4 Å². The number of aromatic nitrogens is 2. The average Bonchev–Trinajstić information content (AvgIpc) is 3.19. The Kier molecular flexibility index (Phi) is 4.25. The van der Waals surface area contributed by atoms with Gasteiger partial charge in [0.1, 0.15) is 10.6 Å². The zero-order valence-corrected chi connectivity index (χ0v) is 13.1. The summed E-state index contributed by atoms with van der Waals surface area (Å²) in [5.74, 6) is -0.580. The molecule has 0 radical (unpaired) electrons. The number of hydrogen-bond acceptors (Lipinski definition) is 6. The van der Waals surface area contributed by atoms with Crippen molar-refractivity contribution in [2.24, 2.45) is 5.73 Å². The van der Waals surface area contributed by atoms with E-state index in [9.17, 15) is 14.4 Å². The Morgan fingerprint density at radius 2 is 2.12 bits per heavy atom. The third-order valence-electron chi connectivity index (χ3n) is 3.08. The predicted octanol–water partition coefficient (Wildman–Crippen LogP) is 1.30. The van der Waals surface area contributed by atoms with Crippen LogP contribution in [0.4, 0.5) is 5.13 Å². The second-order valence-corrected chi connectivity index (χ2v) is 5.81. The number of nitrogens with two attached hydrogens (primary N) is 1. The normalized spacial score (nSPS) is 10.5. The molecule has 8 nitrogen and oxygen atoms in total. The summed E-state index contributed by atoms with van der Waals surface area (Å²) in [6.07, 6.45) is 2.92. The molecule has 3 aromatic rings. The lowest BCUT2D eigenvalue weighted by molar-refractivity contribution is 0.0990. The minimum atomic E-state index is -0.610. The fourth-order valence-electron chi connectivity index (χ4n) is 1.95. The van der Waals surface area contributed by atoms with E-state index in [0.29, 0.717) is 5.76 Å². The second kappa shape index (κ2) is 6.50. The molecule has 122 valence electrons. The van der Waals surface area contributed by atoms with Gasteiger partial charge >= 0.3 is 0 Å². The van der Waals surface area contributed by atoms with E-state index in [1.54, 1.807) is 24.4 Å². The van der Waals surface area contributed by atoms with Crippen molar-refractivity contribution in [3.63, 3.8) is 0 Å². The summed E-state index contributed by atoms with van der Waals surface area (Å²) >= 11 is 0.971. The summed E-state index contributed by atoms with van der Waals surface area (Å²) in [5.41, 5.74) is 4.97. The van der Waals surface area contributed by atoms with Crippen molar-refractivity contribution in [3.05, 3.63) is 69.5 Å². The number of nitrogens with one attached hydrogen (secondary N) is 1. The molecule has 3 aromatic heterocycles. The van der Waals surface area contributed by atoms with E-state index in [4.69, 9.17) is 10.2 Å². The van der Waals surface area contributed by atoms with Gasteiger partial charge < -0.3 is 14.7 Å². The van der Waals surface area contributed by atoms with Crippen molar-refractivity contribution >= 4 is 28.3 Å². The fourth-order valence-corrected chi connectivity index (χ4v) is 2.61. The zero-order chi connectivity index (χ0) is 17.1. The number of carbonyl (C=O) groups excluding carboxylic acids is 2. The molecular formula is C15H12N4O4S. The first-order chi connectivity index (χ1) is 11.5. The minimum absolute atomic E-state index is 0.0739. The number of amides is 2. The van der Waals surface area contributed by atoms with E-state index in [0.717, 1.165) is 11.3 Å². The van der Waals surface area contributed by atoms with Crippen LogP contribution in [-0.2, 0) is 6.54 Å². The molecule has 0 aliphatic rings. The minimum Gasteiger partial charge on any atom is -0.454 e. The van der Waals surface area contributed by atoms with E-state index in [2.05, 4.69) is 10.3 Å². The standard InChI is InChI=1S/C15H12N4O4S/c16-13(21)11-7-17-15(24-11)18-14(22)10-5-4-9(23-10)8-19-6-2-1-3-12(19)20/h1-7H,8H2,(H2,16,21)(H,17,18,22). The van der Waals surface area contributed by atoms with E-state index < -0.39 is 11.8 Å². The number of pyridine rings is 1. The number of furan rings is 1. The smallest absolute Gasteiger partial charge is 0.293 e. The molecular weight excluding hydrogens is 332 g/mol. The average molecular weight is 344 g/mol. The first-order valence-corrected chi connectivity index (χ1v) is 7.66. The quantitative estimate of drug-likeness (QED) is 0.723. The summed E-state index contributed by atoms with van der Waals surface area (Å²) in [6.45, 7) is 0.218. The highest BCUT2D eigenvalue weighted by atomic mass is 32.1. The van der Waals surface area contributed by atoms with Gasteiger partial charge in [0.05, 0.1) is 12.7 Å². The third-order valence-corrected chi connectivity index (χ3v) is 4.01. The number of rotatable bonds is 5. The molecule has 3 N–H and O–H groups in total. The van der Waals surface area contributed by atoms with Gasteiger partial charge in [0.2, 0.25) is 0 Å². The molecule has 0 bridgehead atoms. The van der Waals surface area contributed by atoms with Crippen molar-refractivity contribution < 1.29 is 14.0 Å². The van der Waals surface area contributed by atoms with Crippen LogP contribution in [-0.4, -0.2) is 21.4 Å². The van der Waals surface area contributed by atoms with E-state index >= 15 is 0 Å². The Labute approximate surface area is 139 Å². The fraction of sp³-hybridized carbons (Fsp3) is 0.0667. The van der Waals surface area contributed by atoms with Gasteiger partial charge in [-0.15, -0.1) is 0 Å². The second-order valence-electron chi connectivity index (χ2n) is 4.78. The van der Waals surface area contributed by atoms with Crippen LogP contribution < -0.4 is 16.6 Å². The number of carbonyl (C=O) groups is 2. The van der Waals surface area contributed by atoms with Gasteiger partial charge in [-0.2, -0.15) is 0 Å². The van der Waals surface area contributed by atoms with E-state index in [1.165, 1.54) is 22.9 Å². The molecule has 3 rings (SSSR count). The highest BCUT2D eigenvalue weighted by Crippen LogP contribution is 2.19. The van der Waals surface area contributed by atoms with Crippen LogP contribution in [0, 0.1) is 0 Å². The molecule has 0 unspecified atom stereocenters. The Balaban J connectivity index is 1.70. The van der Waals surface area contributed by atoms with Crippen LogP contribution in [0.5, 0.6) is 0 Å². The Morgan fingerprint density at radius 3 is 2.83 bits per heavy atom. The van der Waals surface area contributed by atoms with Crippen molar-refractivity contribution in [1.82, 2.24) is 9.55 Å². The Hall–Kier alpha value is -3.20. The van der Waals surface area contributed by atoms with E-state index in [1.807, 2.05) is 0 Å². The molecule has 0 spiro atoms. The number of thiazole rings is 1. The van der Waals surface area contributed by atoms with Crippen LogP contribution in [0.3, 0.4) is 0 Å². The molecule has 0 saturated heterocycles. The molecule has 3 heterocycles. The molecule has 0 aromatic carbocycles. The lowest BCUT2D eigenvalue weighted by Gasteiger charge is -2.02. The molecule has 0 atom stereocenters. The summed E-state index contributed by atoms with van der Waals surface area (Å²) in [6, 6.07) is 7.94. The van der Waals surface area contributed by atoms with Crippen LogP contribution in [0.25, 0.3) is 0 Å². The first kappa shape index (κ1) is 15.7. The topological polar surface area (TPSA) is 120 Å². The van der Waals surface area contributed by atoms with Gasteiger partial charge in [-0.25, -0.2) is 4.98 Å². The highest BCUT2D eigenvalue weighted by molar-refractivity contribution is 7.17. The lowest BCUT2D eigenvalue weighted by atomic mass is 10.4. The van der Waals surface area contributed by atoms with Crippen LogP contribution in [0.2, 0.25) is 0 Å². The molecule has 0 aliphatic heterocycles. The SMILES string of the molecule is NC(=O)c1cnc(NC(=O)c2ccc(Cn3ccccc3=O)o2)s1. The highest BCUT2D eigenvalue weighted by Gasteiger charge is 2.15. The van der Waals surface area contributed by atoms with Crippen LogP contribution >= 0.6 is 11.3 Å². The molecule has 0 fully saturated rings. The van der Waals surface area contributed by atoms with Crippen molar-refractivity contribution in [2.45, 2.75) is 6.54 Å². The number of hydrogen-bond donors (Lipinski definition) is 2. The first-order valence-electron chi connectivity index (χ1n) is 6.84. The third kappa shape index (κ3) is 3.41. The Bertz CT molecular complexity index is 956. The lowest BCUT2D eigenvalue weighted by Crippen LogP contribution is -2.18. The van der Waals surface area contributed by atoms with E-state index in [-0.39, 0.29) is 27.9 Å². The maximum Gasteiger partial charge on any atom is 0.293 e. The van der Waals surface area contributed by atoms with Gasteiger partial charge in [0.25, 0.3) is 17.4 Å². The molecule has 0 aliphatic carbocycles. The van der Waals surface area contributed by atoms with Crippen LogP contribution in [0.1, 0.15) is 26.0 Å². The maximum atomic E-state index is 12.1. The molecule has 2 amide bonds. The van der Waals surface area contributed by atoms with Crippen molar-refractivity contribution in [2.75, 3.05) is 5.32 Å². The zero-order valence-electron chi connectivity index (χ0n) is 12.3.